The van der Waals surface area contributed by atoms with E-state index in [1.165, 1.54) is 13.1 Å². The molecule has 38 heavy (non-hydrogen) atoms. The number of rotatable bonds is 11. The van der Waals surface area contributed by atoms with Crippen molar-refractivity contribution in [3.8, 4) is 0 Å². The van der Waals surface area contributed by atoms with Crippen LogP contribution in [0.3, 0.4) is 0 Å². The van der Waals surface area contributed by atoms with E-state index in [9.17, 15) is 18.3 Å². The van der Waals surface area contributed by atoms with Gasteiger partial charge in [0.1, 0.15) is 11.6 Å². The van der Waals surface area contributed by atoms with Crippen LogP contribution in [0, 0.1) is 5.92 Å². The van der Waals surface area contributed by atoms with E-state index in [4.69, 9.17) is 0 Å². The second-order valence-corrected chi connectivity index (χ2v) is 12.9. The molecular weight excluding hydrogens is 502 g/mol. The van der Waals surface area contributed by atoms with Crippen LogP contribution in [0.2, 0.25) is 0 Å². The van der Waals surface area contributed by atoms with E-state index in [0.29, 0.717) is 24.2 Å². The Bertz CT molecular complexity index is 1200. The van der Waals surface area contributed by atoms with Gasteiger partial charge in [-0.3, -0.25) is 9.10 Å². The molecule has 0 spiro atoms. The van der Waals surface area contributed by atoms with E-state index in [-0.39, 0.29) is 29.4 Å². The van der Waals surface area contributed by atoms with Gasteiger partial charge in [-0.1, -0.05) is 37.3 Å². The fourth-order valence-electron chi connectivity index (χ4n) is 5.46. The van der Waals surface area contributed by atoms with Crippen molar-refractivity contribution < 1.29 is 18.3 Å². The van der Waals surface area contributed by atoms with Crippen molar-refractivity contribution in [3.63, 3.8) is 0 Å². The predicted octanol–water partition coefficient (Wildman–Crippen LogP) is 2.92. The van der Waals surface area contributed by atoms with Crippen LogP contribution in [0.4, 0.5) is 11.6 Å². The minimum atomic E-state index is -3.58. The van der Waals surface area contributed by atoms with Gasteiger partial charge in [0.25, 0.3) is 5.91 Å². The fraction of sp³-hybridized carbons (Fsp3) is 0.571. The van der Waals surface area contributed by atoms with Crippen molar-refractivity contribution in [1.29, 1.82) is 0 Å². The zero-order valence-electron chi connectivity index (χ0n) is 22.7. The van der Waals surface area contributed by atoms with Crippen molar-refractivity contribution in [2.45, 2.75) is 82.6 Å². The topological polar surface area (TPSA) is 124 Å². The van der Waals surface area contributed by atoms with Crippen LogP contribution in [-0.4, -0.2) is 68.0 Å². The summed E-state index contributed by atoms with van der Waals surface area (Å²) in [6.07, 6.45) is 6.06. The number of aliphatic hydroxyl groups is 1. The summed E-state index contributed by atoms with van der Waals surface area (Å²) in [5.41, 5.74) is 1.30. The number of carbonyl (C=O) groups is 1. The van der Waals surface area contributed by atoms with Gasteiger partial charge in [0.05, 0.1) is 18.4 Å². The lowest BCUT2D eigenvalue weighted by atomic mass is 9.73. The molecular formula is C28H41N5O4S. The Hall–Kier alpha value is -2.69. The third kappa shape index (κ3) is 6.84. The molecule has 10 heteroatoms. The molecule has 1 aliphatic carbocycles. The number of nitrogens with one attached hydrogen (secondary N) is 3. The highest BCUT2D eigenvalue weighted by molar-refractivity contribution is 7.92. The molecule has 3 heterocycles. The number of nitrogens with zero attached hydrogens (tertiary/aromatic N) is 2. The quantitative estimate of drug-likeness (QED) is 0.344. The minimum Gasteiger partial charge on any atom is -0.389 e. The SMILES string of the molecule is CC[C@H](C)Nc1cc(C(=O)N[C@@H](Cc2ccccc2)[C@H](O)[C@@H]2N[C@H]3CC[C@@H]2CC3)cc(N(C)S(C)(=O)=O)n1. The number of fused-ring (bicyclic) bond motifs is 3. The largest absolute Gasteiger partial charge is 0.389 e. The van der Waals surface area contributed by atoms with Crippen LogP contribution >= 0.6 is 0 Å². The monoisotopic (exact) mass is 543 g/mol. The molecule has 3 aliphatic rings. The number of pyridine rings is 1. The van der Waals surface area contributed by atoms with Gasteiger partial charge in [-0.2, -0.15) is 0 Å². The summed E-state index contributed by atoms with van der Waals surface area (Å²) < 4.78 is 25.5. The molecule has 2 aliphatic heterocycles. The molecule has 3 fully saturated rings. The van der Waals surface area contributed by atoms with Crippen molar-refractivity contribution in [3.05, 3.63) is 53.6 Å². The molecule has 208 valence electrons. The van der Waals surface area contributed by atoms with Gasteiger partial charge in [-0.15, -0.1) is 0 Å². The molecule has 4 atom stereocenters. The van der Waals surface area contributed by atoms with Gasteiger partial charge >= 0.3 is 0 Å². The molecule has 1 amide bonds. The Balaban J connectivity index is 1.63. The average Bonchev–Trinajstić information content (AvgIpc) is 2.92. The maximum absolute atomic E-state index is 13.7. The number of anilines is 2. The van der Waals surface area contributed by atoms with E-state index >= 15 is 0 Å². The highest BCUT2D eigenvalue weighted by Gasteiger charge is 2.41. The first-order chi connectivity index (χ1) is 18.0. The Morgan fingerprint density at radius 1 is 1.18 bits per heavy atom. The molecule has 2 bridgehead atoms. The maximum atomic E-state index is 13.7. The van der Waals surface area contributed by atoms with Gasteiger partial charge in [-0.05, 0) is 69.1 Å². The third-order valence-electron chi connectivity index (χ3n) is 8.00. The van der Waals surface area contributed by atoms with Crippen molar-refractivity contribution in [2.75, 3.05) is 22.9 Å². The van der Waals surface area contributed by atoms with Crippen molar-refractivity contribution in [1.82, 2.24) is 15.6 Å². The fourth-order valence-corrected chi connectivity index (χ4v) is 5.90. The van der Waals surface area contributed by atoms with Crippen molar-refractivity contribution >= 4 is 27.6 Å². The Labute approximate surface area is 226 Å². The third-order valence-corrected chi connectivity index (χ3v) is 9.19. The standard InChI is InChI=1S/C28H41N5O4S/c1-5-18(2)29-24-16-21(17-25(32-24)33(3)38(4,36)37)28(35)31-23(15-19-9-7-6-8-10-19)27(34)26-20-11-13-22(30-26)14-12-20/h6-10,16-18,20,22-23,26-27,30,34H,5,11-15H2,1-4H3,(H,29,32)(H,31,35)/t18-,20-,22+,23-,26+,27-/m0/s1. The lowest BCUT2D eigenvalue weighted by Crippen LogP contribution is -2.62. The number of amides is 1. The minimum absolute atomic E-state index is 0.0801. The molecule has 1 aromatic carbocycles. The normalized spacial score (nSPS) is 23.3. The second kappa shape index (κ2) is 12.0. The summed E-state index contributed by atoms with van der Waals surface area (Å²) in [5, 5.41) is 21.5. The molecule has 1 aromatic heterocycles. The summed E-state index contributed by atoms with van der Waals surface area (Å²) in [5.74, 6) is 0.567. The summed E-state index contributed by atoms with van der Waals surface area (Å²) in [6.45, 7) is 4.02. The smallest absolute Gasteiger partial charge is 0.251 e. The number of aliphatic hydroxyl groups excluding tert-OH is 1. The van der Waals surface area contributed by atoms with E-state index in [1.807, 2.05) is 44.2 Å². The van der Waals surface area contributed by atoms with Crippen LogP contribution in [0.25, 0.3) is 0 Å². The maximum Gasteiger partial charge on any atom is 0.251 e. The van der Waals surface area contributed by atoms with Crippen molar-refractivity contribution in [2.24, 2.45) is 5.92 Å². The summed E-state index contributed by atoms with van der Waals surface area (Å²) in [4.78, 5) is 18.1. The Morgan fingerprint density at radius 3 is 2.45 bits per heavy atom. The van der Waals surface area contributed by atoms with E-state index in [2.05, 4.69) is 20.9 Å². The first kappa shape index (κ1) is 28.3. The Morgan fingerprint density at radius 2 is 1.87 bits per heavy atom. The number of sulfonamides is 1. The highest BCUT2D eigenvalue weighted by Crippen LogP contribution is 2.35. The average molecular weight is 544 g/mol. The van der Waals surface area contributed by atoms with Crippen LogP contribution < -0.4 is 20.3 Å². The van der Waals surface area contributed by atoms with Crippen LogP contribution in [0.5, 0.6) is 0 Å². The highest BCUT2D eigenvalue weighted by atomic mass is 32.2. The number of aromatic nitrogens is 1. The van der Waals surface area contributed by atoms with Gasteiger partial charge < -0.3 is 21.1 Å². The first-order valence-corrected chi connectivity index (χ1v) is 15.4. The number of piperidine rings is 2. The predicted molar refractivity (Wildman–Crippen MR) is 151 cm³/mol. The summed E-state index contributed by atoms with van der Waals surface area (Å²) in [6, 6.07) is 12.8. The summed E-state index contributed by atoms with van der Waals surface area (Å²) >= 11 is 0. The second-order valence-electron chi connectivity index (χ2n) is 10.8. The molecule has 0 unspecified atom stereocenters. The van der Waals surface area contributed by atoms with Crippen LogP contribution in [0.1, 0.15) is 61.9 Å². The molecule has 5 rings (SSSR count). The zero-order valence-corrected chi connectivity index (χ0v) is 23.5. The number of benzene rings is 1. The molecule has 2 saturated heterocycles. The van der Waals surface area contributed by atoms with Crippen LogP contribution in [0.15, 0.2) is 42.5 Å². The van der Waals surface area contributed by atoms with Gasteiger partial charge in [0, 0.05) is 30.7 Å². The number of hydrogen-bond acceptors (Lipinski definition) is 7. The Kier molecular flexibility index (Phi) is 8.95. The van der Waals surface area contributed by atoms with Gasteiger partial charge in [0.2, 0.25) is 10.0 Å². The lowest BCUT2D eigenvalue weighted by molar-refractivity contribution is 0.0143. The van der Waals surface area contributed by atoms with Gasteiger partial charge in [-0.25, -0.2) is 13.4 Å². The van der Waals surface area contributed by atoms with E-state index < -0.39 is 22.2 Å². The summed E-state index contributed by atoms with van der Waals surface area (Å²) in [7, 11) is -2.17. The zero-order chi connectivity index (χ0) is 27.4. The van der Waals surface area contributed by atoms with E-state index in [1.54, 1.807) is 6.07 Å². The van der Waals surface area contributed by atoms with Gasteiger partial charge in [0.15, 0.2) is 0 Å². The number of carbonyl (C=O) groups excluding carboxylic acids is 1. The van der Waals surface area contributed by atoms with Crippen LogP contribution in [-0.2, 0) is 16.4 Å². The molecule has 9 nitrogen and oxygen atoms in total. The molecule has 0 radical (unpaired) electrons. The molecule has 4 N–H and O–H groups in total. The molecule has 2 aromatic rings. The number of hydrogen-bond donors (Lipinski definition) is 4. The van der Waals surface area contributed by atoms with E-state index in [0.717, 1.165) is 48.2 Å². The first-order valence-electron chi connectivity index (χ1n) is 13.6. The molecule has 1 saturated carbocycles. The lowest BCUT2D eigenvalue weighted by Gasteiger charge is -2.47.